The highest BCUT2D eigenvalue weighted by molar-refractivity contribution is 5.92. The first-order valence-electron chi connectivity index (χ1n) is 5.37. The smallest absolute Gasteiger partial charge is 0.248 e. The average molecular weight is 243 g/mol. The molecule has 0 aliphatic carbocycles. The number of aryl methyl sites for hydroxylation is 1. The Morgan fingerprint density at radius 3 is 2.39 bits per heavy atom. The highest BCUT2D eigenvalue weighted by Gasteiger charge is 2.03. The van der Waals surface area contributed by atoms with Crippen molar-refractivity contribution >= 4 is 11.6 Å². The Kier molecular flexibility index (Phi) is 3.14. The van der Waals surface area contributed by atoms with E-state index in [2.05, 4.69) is 4.98 Å². The van der Waals surface area contributed by atoms with E-state index in [9.17, 15) is 4.79 Å². The van der Waals surface area contributed by atoms with E-state index in [1.54, 1.807) is 43.3 Å². The molecule has 1 aromatic heterocycles. The van der Waals surface area contributed by atoms with Gasteiger partial charge in [-0.2, -0.15) is 0 Å². The number of carbonyl (C=O) groups is 1. The molecule has 0 aliphatic heterocycles. The fraction of sp³-hybridized carbons (Fsp3) is 0.0769. The molecule has 0 fully saturated rings. The summed E-state index contributed by atoms with van der Waals surface area (Å²) in [5.74, 6) is 0.563. The molecule has 5 heteroatoms. The summed E-state index contributed by atoms with van der Waals surface area (Å²) in [6.45, 7) is 1.80. The molecular weight excluding hydrogens is 230 g/mol. The number of carbonyl (C=O) groups excluding carboxylic acids is 1. The summed E-state index contributed by atoms with van der Waals surface area (Å²) in [5.41, 5.74) is 12.6. The molecule has 0 atom stereocenters. The van der Waals surface area contributed by atoms with Gasteiger partial charge in [-0.25, -0.2) is 4.98 Å². The molecule has 0 saturated carbocycles. The van der Waals surface area contributed by atoms with Crippen molar-refractivity contribution in [3.05, 3.63) is 47.7 Å². The number of benzene rings is 1. The van der Waals surface area contributed by atoms with Crippen LogP contribution in [0.25, 0.3) is 0 Å². The summed E-state index contributed by atoms with van der Waals surface area (Å²) in [6, 6.07) is 9.93. The lowest BCUT2D eigenvalue weighted by Gasteiger charge is -2.06. The van der Waals surface area contributed by atoms with Gasteiger partial charge >= 0.3 is 0 Å². The highest BCUT2D eigenvalue weighted by Crippen LogP contribution is 2.21. The fourth-order valence-corrected chi connectivity index (χ4v) is 1.41. The van der Waals surface area contributed by atoms with Crippen LogP contribution in [0, 0.1) is 6.92 Å². The summed E-state index contributed by atoms with van der Waals surface area (Å²) < 4.78 is 5.53. The van der Waals surface area contributed by atoms with E-state index in [1.165, 1.54) is 0 Å². The number of nitrogen functional groups attached to an aromatic ring is 1. The van der Waals surface area contributed by atoms with Crippen molar-refractivity contribution in [2.75, 3.05) is 5.73 Å². The van der Waals surface area contributed by atoms with Gasteiger partial charge in [-0.1, -0.05) is 0 Å². The van der Waals surface area contributed by atoms with Crippen molar-refractivity contribution in [3.63, 3.8) is 0 Å². The molecule has 0 radical (unpaired) electrons. The molecule has 1 aromatic carbocycles. The van der Waals surface area contributed by atoms with Gasteiger partial charge in [0.1, 0.15) is 5.75 Å². The molecule has 18 heavy (non-hydrogen) atoms. The molecule has 0 unspecified atom stereocenters. The van der Waals surface area contributed by atoms with Crippen molar-refractivity contribution in [2.45, 2.75) is 6.92 Å². The van der Waals surface area contributed by atoms with Crippen molar-refractivity contribution in [3.8, 4) is 11.6 Å². The SMILES string of the molecule is Cc1nc(Oc2ccc(C(N)=O)cc2)ccc1N. The van der Waals surface area contributed by atoms with E-state index < -0.39 is 5.91 Å². The second kappa shape index (κ2) is 4.75. The lowest BCUT2D eigenvalue weighted by molar-refractivity contribution is 0.100. The molecule has 0 bridgehead atoms. The van der Waals surface area contributed by atoms with Crippen LogP contribution in [0.2, 0.25) is 0 Å². The topological polar surface area (TPSA) is 91.2 Å². The first kappa shape index (κ1) is 11.9. The normalized spacial score (nSPS) is 10.1. The lowest BCUT2D eigenvalue weighted by atomic mass is 10.2. The standard InChI is InChI=1S/C13H13N3O2/c1-8-11(14)6-7-12(16-8)18-10-4-2-9(3-5-10)13(15)17/h2-7H,14H2,1H3,(H2,15,17). The van der Waals surface area contributed by atoms with E-state index >= 15 is 0 Å². The van der Waals surface area contributed by atoms with Gasteiger partial charge in [0.25, 0.3) is 0 Å². The average Bonchev–Trinajstić information content (AvgIpc) is 2.34. The number of amides is 1. The number of anilines is 1. The predicted octanol–water partition coefficient (Wildman–Crippen LogP) is 1.86. The molecular formula is C13H13N3O2. The number of ether oxygens (including phenoxy) is 1. The third-order valence-corrected chi connectivity index (χ3v) is 2.46. The van der Waals surface area contributed by atoms with Gasteiger partial charge < -0.3 is 16.2 Å². The first-order chi connectivity index (χ1) is 8.56. The maximum absolute atomic E-state index is 10.9. The molecule has 2 rings (SSSR count). The summed E-state index contributed by atoms with van der Waals surface area (Å²) in [5, 5.41) is 0. The maximum atomic E-state index is 10.9. The summed E-state index contributed by atoms with van der Waals surface area (Å²) in [7, 11) is 0. The van der Waals surface area contributed by atoms with Crippen LogP contribution in [0.15, 0.2) is 36.4 Å². The quantitative estimate of drug-likeness (QED) is 0.860. The summed E-state index contributed by atoms with van der Waals surface area (Å²) in [4.78, 5) is 15.1. The van der Waals surface area contributed by atoms with Crippen LogP contribution in [0.5, 0.6) is 11.6 Å². The first-order valence-corrected chi connectivity index (χ1v) is 5.37. The Morgan fingerprint density at radius 1 is 1.17 bits per heavy atom. The minimum Gasteiger partial charge on any atom is -0.439 e. The monoisotopic (exact) mass is 243 g/mol. The fourth-order valence-electron chi connectivity index (χ4n) is 1.41. The predicted molar refractivity (Wildman–Crippen MR) is 68.4 cm³/mol. The minimum atomic E-state index is -0.469. The molecule has 0 aliphatic rings. The summed E-state index contributed by atoms with van der Waals surface area (Å²) in [6.07, 6.45) is 0. The number of nitrogens with zero attached hydrogens (tertiary/aromatic N) is 1. The number of aromatic nitrogens is 1. The molecule has 1 heterocycles. The molecule has 92 valence electrons. The number of hydrogen-bond donors (Lipinski definition) is 2. The van der Waals surface area contributed by atoms with Gasteiger partial charge in [-0.3, -0.25) is 4.79 Å². The Labute approximate surface area is 104 Å². The van der Waals surface area contributed by atoms with Gasteiger partial charge in [-0.15, -0.1) is 0 Å². The molecule has 2 aromatic rings. The van der Waals surface area contributed by atoms with Crippen molar-refractivity contribution in [1.82, 2.24) is 4.98 Å². The number of nitrogens with two attached hydrogens (primary N) is 2. The summed E-state index contributed by atoms with van der Waals surface area (Å²) >= 11 is 0. The molecule has 5 nitrogen and oxygen atoms in total. The van der Waals surface area contributed by atoms with Gasteiger partial charge in [-0.05, 0) is 37.3 Å². The van der Waals surface area contributed by atoms with Crippen molar-refractivity contribution in [2.24, 2.45) is 5.73 Å². The van der Waals surface area contributed by atoms with Gasteiger partial charge in [0.05, 0.1) is 11.4 Å². The van der Waals surface area contributed by atoms with E-state index in [0.717, 1.165) is 0 Å². The van der Waals surface area contributed by atoms with Gasteiger partial charge in [0.2, 0.25) is 11.8 Å². The van der Waals surface area contributed by atoms with Crippen LogP contribution in [0.3, 0.4) is 0 Å². The Bertz CT molecular complexity index is 579. The van der Waals surface area contributed by atoms with E-state index in [1.807, 2.05) is 0 Å². The molecule has 0 spiro atoms. The Morgan fingerprint density at radius 2 is 1.83 bits per heavy atom. The third kappa shape index (κ3) is 2.57. The van der Waals surface area contributed by atoms with Crippen LogP contribution in [-0.2, 0) is 0 Å². The van der Waals surface area contributed by atoms with Crippen LogP contribution in [0.4, 0.5) is 5.69 Å². The Balaban J connectivity index is 2.18. The van der Waals surface area contributed by atoms with Crippen LogP contribution in [-0.4, -0.2) is 10.9 Å². The van der Waals surface area contributed by atoms with E-state index in [0.29, 0.717) is 28.6 Å². The number of rotatable bonds is 3. The van der Waals surface area contributed by atoms with Crippen LogP contribution in [0.1, 0.15) is 16.1 Å². The van der Waals surface area contributed by atoms with Crippen LogP contribution < -0.4 is 16.2 Å². The Hall–Kier alpha value is -2.56. The van der Waals surface area contributed by atoms with Crippen LogP contribution >= 0.6 is 0 Å². The lowest BCUT2D eigenvalue weighted by Crippen LogP contribution is -2.10. The zero-order valence-corrected chi connectivity index (χ0v) is 9.88. The second-order valence-corrected chi connectivity index (χ2v) is 3.81. The molecule has 4 N–H and O–H groups in total. The largest absolute Gasteiger partial charge is 0.439 e. The van der Waals surface area contributed by atoms with E-state index in [-0.39, 0.29) is 0 Å². The zero-order valence-electron chi connectivity index (χ0n) is 9.88. The number of pyridine rings is 1. The number of hydrogen-bond acceptors (Lipinski definition) is 4. The molecule has 0 saturated heterocycles. The molecule has 1 amide bonds. The van der Waals surface area contributed by atoms with E-state index in [4.69, 9.17) is 16.2 Å². The minimum absolute atomic E-state index is 0.434. The van der Waals surface area contributed by atoms with Gasteiger partial charge in [0.15, 0.2) is 0 Å². The highest BCUT2D eigenvalue weighted by atomic mass is 16.5. The zero-order chi connectivity index (χ0) is 13.1. The second-order valence-electron chi connectivity index (χ2n) is 3.81. The van der Waals surface area contributed by atoms with Crippen molar-refractivity contribution in [1.29, 1.82) is 0 Å². The maximum Gasteiger partial charge on any atom is 0.248 e. The van der Waals surface area contributed by atoms with Gasteiger partial charge in [0, 0.05) is 11.6 Å². The van der Waals surface area contributed by atoms with Crippen molar-refractivity contribution < 1.29 is 9.53 Å². The third-order valence-electron chi connectivity index (χ3n) is 2.46. The number of primary amides is 1.